The zero-order chi connectivity index (χ0) is 9.19. The van der Waals surface area contributed by atoms with Crippen LogP contribution in [0.1, 0.15) is 12.8 Å². The summed E-state index contributed by atoms with van der Waals surface area (Å²) < 4.78 is 22.1. The van der Waals surface area contributed by atoms with Gasteiger partial charge in [0.15, 0.2) is 9.84 Å². The van der Waals surface area contributed by atoms with E-state index in [0.717, 1.165) is 11.3 Å². The quantitative estimate of drug-likeness (QED) is 0.669. The highest BCUT2D eigenvalue weighted by atomic mass is 32.2. The number of thiocarbonyl (C=S) groups is 1. The van der Waals surface area contributed by atoms with Gasteiger partial charge in [-0.2, -0.15) is 0 Å². The molecule has 1 heterocycles. The van der Waals surface area contributed by atoms with Gasteiger partial charge in [-0.3, -0.25) is 0 Å². The predicted octanol–water partition coefficient (Wildman–Crippen LogP) is 0.140. The van der Waals surface area contributed by atoms with E-state index < -0.39 is 9.84 Å². The Bertz CT molecular complexity index is 271. The monoisotopic (exact) mass is 207 g/mol. The SMILES string of the molecule is NCC(=S)CC1CCS(=O)(=O)C1. The fraction of sp³-hybridized carbons (Fsp3) is 0.857. The average Bonchev–Trinajstić information content (AvgIpc) is 2.30. The van der Waals surface area contributed by atoms with E-state index in [4.69, 9.17) is 18.0 Å². The van der Waals surface area contributed by atoms with Gasteiger partial charge in [0.1, 0.15) is 0 Å². The van der Waals surface area contributed by atoms with Crippen molar-refractivity contribution in [2.75, 3.05) is 18.1 Å². The molecule has 0 amide bonds. The van der Waals surface area contributed by atoms with Crippen molar-refractivity contribution < 1.29 is 8.42 Å². The zero-order valence-corrected chi connectivity index (χ0v) is 8.46. The molecule has 5 heteroatoms. The fourth-order valence-electron chi connectivity index (χ4n) is 1.44. The lowest BCUT2D eigenvalue weighted by Crippen LogP contribution is -2.16. The Labute approximate surface area is 78.2 Å². The van der Waals surface area contributed by atoms with Gasteiger partial charge in [-0.25, -0.2) is 8.42 Å². The molecule has 70 valence electrons. The maximum absolute atomic E-state index is 11.0. The van der Waals surface area contributed by atoms with Crippen molar-refractivity contribution in [2.24, 2.45) is 11.7 Å². The largest absolute Gasteiger partial charge is 0.326 e. The molecule has 1 rings (SSSR count). The van der Waals surface area contributed by atoms with E-state index in [9.17, 15) is 8.42 Å². The Kier molecular flexibility index (Phi) is 3.20. The summed E-state index contributed by atoms with van der Waals surface area (Å²) in [5.41, 5.74) is 5.33. The number of rotatable bonds is 3. The summed E-state index contributed by atoms with van der Waals surface area (Å²) in [6.45, 7) is 0.395. The van der Waals surface area contributed by atoms with Gasteiger partial charge < -0.3 is 5.73 Å². The molecular weight excluding hydrogens is 194 g/mol. The second-order valence-electron chi connectivity index (χ2n) is 3.22. The van der Waals surface area contributed by atoms with Gasteiger partial charge in [-0.15, -0.1) is 0 Å². The molecular formula is C7H13NO2S2. The van der Waals surface area contributed by atoms with Gasteiger partial charge in [-0.1, -0.05) is 12.2 Å². The molecule has 1 unspecified atom stereocenters. The molecule has 0 aliphatic carbocycles. The van der Waals surface area contributed by atoms with Crippen molar-refractivity contribution in [2.45, 2.75) is 12.8 Å². The maximum Gasteiger partial charge on any atom is 0.150 e. The topological polar surface area (TPSA) is 60.2 Å². The molecule has 1 fully saturated rings. The van der Waals surface area contributed by atoms with Crippen LogP contribution in [0.5, 0.6) is 0 Å². The first-order valence-electron chi connectivity index (χ1n) is 3.95. The number of sulfone groups is 1. The lowest BCUT2D eigenvalue weighted by molar-refractivity contribution is 0.595. The molecule has 0 bridgehead atoms. The van der Waals surface area contributed by atoms with Gasteiger partial charge in [0.2, 0.25) is 0 Å². The smallest absolute Gasteiger partial charge is 0.150 e. The molecule has 0 radical (unpaired) electrons. The van der Waals surface area contributed by atoms with E-state index in [2.05, 4.69) is 0 Å². The molecule has 1 aliphatic rings. The Hall–Kier alpha value is -0.0000000000000000555. The van der Waals surface area contributed by atoms with Gasteiger partial charge in [-0.05, 0) is 18.8 Å². The number of nitrogens with two attached hydrogens (primary N) is 1. The van der Waals surface area contributed by atoms with Gasteiger partial charge in [0.05, 0.1) is 11.5 Å². The van der Waals surface area contributed by atoms with Gasteiger partial charge in [0, 0.05) is 11.4 Å². The minimum atomic E-state index is -2.75. The second kappa shape index (κ2) is 3.81. The summed E-state index contributed by atoms with van der Waals surface area (Å²) in [7, 11) is -2.75. The third kappa shape index (κ3) is 2.80. The van der Waals surface area contributed by atoms with Crippen LogP contribution in [0, 0.1) is 5.92 Å². The van der Waals surface area contributed by atoms with Crippen molar-refractivity contribution in [1.82, 2.24) is 0 Å². The van der Waals surface area contributed by atoms with Crippen molar-refractivity contribution >= 4 is 26.9 Å². The van der Waals surface area contributed by atoms with E-state index >= 15 is 0 Å². The summed E-state index contributed by atoms with van der Waals surface area (Å²) in [4.78, 5) is 0.789. The molecule has 1 atom stereocenters. The molecule has 12 heavy (non-hydrogen) atoms. The average molecular weight is 207 g/mol. The molecule has 0 saturated carbocycles. The van der Waals surface area contributed by atoms with Crippen LogP contribution in [0.2, 0.25) is 0 Å². The normalized spacial score (nSPS) is 27.2. The molecule has 2 N–H and O–H groups in total. The number of hydrogen-bond donors (Lipinski definition) is 1. The summed E-state index contributed by atoms with van der Waals surface area (Å²) in [5, 5.41) is 0. The minimum Gasteiger partial charge on any atom is -0.326 e. The van der Waals surface area contributed by atoms with Crippen LogP contribution < -0.4 is 5.73 Å². The first kappa shape index (κ1) is 10.1. The van der Waals surface area contributed by atoms with E-state index in [1.165, 1.54) is 0 Å². The fourth-order valence-corrected chi connectivity index (χ4v) is 3.54. The van der Waals surface area contributed by atoms with Crippen LogP contribution in [0.4, 0.5) is 0 Å². The van der Waals surface area contributed by atoms with Gasteiger partial charge in [0.25, 0.3) is 0 Å². The van der Waals surface area contributed by atoms with Gasteiger partial charge >= 0.3 is 0 Å². The third-order valence-corrected chi connectivity index (χ3v) is 4.24. The van der Waals surface area contributed by atoms with Crippen molar-refractivity contribution in [3.63, 3.8) is 0 Å². The first-order chi connectivity index (χ1) is 5.53. The van der Waals surface area contributed by atoms with Crippen LogP contribution in [0.25, 0.3) is 0 Å². The van der Waals surface area contributed by atoms with Crippen molar-refractivity contribution in [3.05, 3.63) is 0 Å². The molecule has 0 aromatic heterocycles. The first-order valence-corrected chi connectivity index (χ1v) is 6.18. The molecule has 0 aromatic rings. The second-order valence-corrected chi connectivity index (χ2v) is 6.02. The zero-order valence-electron chi connectivity index (χ0n) is 6.82. The third-order valence-electron chi connectivity index (χ3n) is 2.07. The number of hydrogen-bond acceptors (Lipinski definition) is 4. The Balaban J connectivity index is 2.43. The van der Waals surface area contributed by atoms with E-state index in [0.29, 0.717) is 24.5 Å². The molecule has 1 aliphatic heterocycles. The Morgan fingerprint density at radius 2 is 2.25 bits per heavy atom. The Morgan fingerprint density at radius 3 is 2.67 bits per heavy atom. The highest BCUT2D eigenvalue weighted by molar-refractivity contribution is 7.91. The summed E-state index contributed by atoms with van der Waals surface area (Å²) in [6, 6.07) is 0. The predicted molar refractivity (Wildman–Crippen MR) is 53.0 cm³/mol. The van der Waals surface area contributed by atoms with Crippen LogP contribution in [-0.4, -0.2) is 31.3 Å². The molecule has 3 nitrogen and oxygen atoms in total. The summed E-state index contributed by atoms with van der Waals surface area (Å²) in [5.74, 6) is 0.851. The standard InChI is InChI=1S/C7H13NO2S2/c8-4-7(11)3-6-1-2-12(9,10)5-6/h6H,1-5,8H2. The summed E-state index contributed by atoms with van der Waals surface area (Å²) >= 11 is 4.95. The van der Waals surface area contributed by atoms with Crippen molar-refractivity contribution in [3.8, 4) is 0 Å². The molecule has 0 spiro atoms. The highest BCUT2D eigenvalue weighted by Crippen LogP contribution is 2.21. The molecule has 0 aromatic carbocycles. The Morgan fingerprint density at radius 1 is 1.58 bits per heavy atom. The lowest BCUT2D eigenvalue weighted by Gasteiger charge is -2.05. The van der Waals surface area contributed by atoms with E-state index in [1.54, 1.807) is 0 Å². The lowest BCUT2D eigenvalue weighted by atomic mass is 10.0. The maximum atomic E-state index is 11.0. The van der Waals surface area contributed by atoms with Crippen LogP contribution in [0.3, 0.4) is 0 Å². The van der Waals surface area contributed by atoms with E-state index in [-0.39, 0.29) is 5.92 Å². The van der Waals surface area contributed by atoms with Crippen LogP contribution in [0.15, 0.2) is 0 Å². The molecule has 1 saturated heterocycles. The van der Waals surface area contributed by atoms with Crippen molar-refractivity contribution in [1.29, 1.82) is 0 Å². The van der Waals surface area contributed by atoms with Crippen LogP contribution >= 0.6 is 12.2 Å². The summed E-state index contributed by atoms with van der Waals surface area (Å²) in [6.07, 6.45) is 1.45. The van der Waals surface area contributed by atoms with E-state index in [1.807, 2.05) is 0 Å². The van der Waals surface area contributed by atoms with Crippen LogP contribution in [-0.2, 0) is 9.84 Å². The highest BCUT2D eigenvalue weighted by Gasteiger charge is 2.27. The minimum absolute atomic E-state index is 0.228.